The minimum absolute atomic E-state index is 0.167. The van der Waals surface area contributed by atoms with Gasteiger partial charge in [0.2, 0.25) is 0 Å². The molecule has 16 heavy (non-hydrogen) atoms. The first-order chi connectivity index (χ1) is 7.65. The van der Waals surface area contributed by atoms with Gasteiger partial charge in [-0.25, -0.2) is 0 Å². The topological polar surface area (TPSA) is 12.4 Å². The number of allylic oxidation sites excluding steroid dienone is 2. The Morgan fingerprint density at radius 1 is 1.31 bits per heavy atom. The summed E-state index contributed by atoms with van der Waals surface area (Å²) in [5, 5.41) is 0. The highest BCUT2D eigenvalue weighted by Gasteiger charge is 2.27. The van der Waals surface area contributed by atoms with Gasteiger partial charge in [-0.05, 0) is 18.1 Å². The highest BCUT2D eigenvalue weighted by Crippen LogP contribution is 2.31. The first-order valence-electron chi connectivity index (χ1n) is 5.96. The number of fused-ring (bicyclic) bond motifs is 1. The lowest BCUT2D eigenvalue weighted by Gasteiger charge is -2.30. The van der Waals surface area contributed by atoms with Crippen molar-refractivity contribution < 1.29 is 0 Å². The summed E-state index contributed by atoms with van der Waals surface area (Å²) in [6, 6.07) is 8.61. The molecule has 0 saturated carbocycles. The van der Waals surface area contributed by atoms with Crippen molar-refractivity contribution in [3.8, 4) is 0 Å². The second-order valence-electron chi connectivity index (χ2n) is 4.94. The maximum Gasteiger partial charge on any atom is 0.0646 e. The van der Waals surface area contributed by atoms with Gasteiger partial charge < -0.3 is 0 Å². The van der Waals surface area contributed by atoms with E-state index in [1.165, 1.54) is 11.1 Å². The van der Waals surface area contributed by atoms with Gasteiger partial charge >= 0.3 is 0 Å². The summed E-state index contributed by atoms with van der Waals surface area (Å²) in [5.41, 5.74) is 4.01. The molecule has 1 aliphatic heterocycles. The van der Waals surface area contributed by atoms with E-state index >= 15 is 0 Å². The zero-order chi connectivity index (χ0) is 11.6. The Bertz CT molecular complexity index is 439. The molecular formula is C15H19N. The molecule has 0 radical (unpaired) electrons. The van der Waals surface area contributed by atoms with E-state index in [1.54, 1.807) is 0 Å². The van der Waals surface area contributed by atoms with Gasteiger partial charge in [0, 0.05) is 17.5 Å². The minimum Gasteiger partial charge on any atom is -0.284 e. The number of benzene rings is 1. The van der Waals surface area contributed by atoms with E-state index in [0.717, 1.165) is 18.7 Å². The molecule has 1 nitrogen and oxygen atoms in total. The van der Waals surface area contributed by atoms with Crippen LogP contribution in [0.15, 0.2) is 41.4 Å². The molecule has 0 aliphatic carbocycles. The first-order valence-corrected chi connectivity index (χ1v) is 5.96. The van der Waals surface area contributed by atoms with Crippen molar-refractivity contribution in [2.75, 3.05) is 6.54 Å². The smallest absolute Gasteiger partial charge is 0.0646 e. The van der Waals surface area contributed by atoms with Crippen molar-refractivity contribution >= 4 is 5.71 Å². The van der Waals surface area contributed by atoms with Gasteiger partial charge in [-0.2, -0.15) is 0 Å². The van der Waals surface area contributed by atoms with E-state index in [1.807, 2.05) is 0 Å². The Labute approximate surface area is 97.9 Å². The van der Waals surface area contributed by atoms with Gasteiger partial charge in [-0.15, -0.1) is 0 Å². The van der Waals surface area contributed by atoms with Gasteiger partial charge in [-0.1, -0.05) is 51.1 Å². The highest BCUT2D eigenvalue weighted by atomic mass is 14.8. The van der Waals surface area contributed by atoms with Crippen molar-refractivity contribution in [1.82, 2.24) is 0 Å². The normalized spacial score (nSPS) is 18.3. The Morgan fingerprint density at radius 2 is 2.06 bits per heavy atom. The Balaban J connectivity index is 2.47. The third kappa shape index (κ3) is 1.95. The number of aliphatic imine (C=N–C) groups is 1. The summed E-state index contributed by atoms with van der Waals surface area (Å²) in [7, 11) is 0. The highest BCUT2D eigenvalue weighted by molar-refractivity contribution is 6.10. The van der Waals surface area contributed by atoms with Crippen LogP contribution in [0.4, 0.5) is 0 Å². The van der Waals surface area contributed by atoms with Gasteiger partial charge in [0.25, 0.3) is 0 Å². The lowest BCUT2D eigenvalue weighted by Crippen LogP contribution is -2.28. The average Bonchev–Trinajstić information content (AvgIpc) is 2.29. The van der Waals surface area contributed by atoms with E-state index in [-0.39, 0.29) is 5.41 Å². The summed E-state index contributed by atoms with van der Waals surface area (Å²) in [6.45, 7) is 7.55. The molecule has 1 heteroatoms. The quantitative estimate of drug-likeness (QED) is 0.709. The van der Waals surface area contributed by atoms with Crippen molar-refractivity contribution in [1.29, 1.82) is 0 Å². The van der Waals surface area contributed by atoms with E-state index < -0.39 is 0 Å². The van der Waals surface area contributed by atoms with Crippen LogP contribution in [0.3, 0.4) is 0 Å². The molecule has 0 aromatic heterocycles. The van der Waals surface area contributed by atoms with Crippen LogP contribution in [0.1, 0.15) is 38.3 Å². The fourth-order valence-corrected chi connectivity index (χ4v) is 2.12. The molecule has 0 saturated heterocycles. The molecular weight excluding hydrogens is 194 g/mol. The number of hydrogen-bond acceptors (Lipinski definition) is 1. The largest absolute Gasteiger partial charge is 0.284 e. The van der Waals surface area contributed by atoms with Crippen molar-refractivity contribution in [3.05, 3.63) is 47.5 Å². The Morgan fingerprint density at radius 3 is 2.81 bits per heavy atom. The van der Waals surface area contributed by atoms with Gasteiger partial charge in [-0.3, -0.25) is 4.99 Å². The molecule has 84 valence electrons. The monoisotopic (exact) mass is 213 g/mol. The van der Waals surface area contributed by atoms with Crippen LogP contribution >= 0.6 is 0 Å². The van der Waals surface area contributed by atoms with Crippen LogP contribution in [0.2, 0.25) is 0 Å². The molecule has 0 bridgehead atoms. The Kier molecular flexibility index (Phi) is 2.95. The lowest BCUT2D eigenvalue weighted by atomic mass is 9.78. The predicted octanol–water partition coefficient (Wildman–Crippen LogP) is 3.73. The van der Waals surface area contributed by atoms with Crippen LogP contribution in [0.5, 0.6) is 0 Å². The standard InChI is InChI=1S/C15H19N/c1-4-5-10-14-12-8-6-7-9-13(12)15(2,3)11-16-14/h5-10H,4,11H2,1-3H3/b10-5-. The third-order valence-corrected chi connectivity index (χ3v) is 3.09. The fourth-order valence-electron chi connectivity index (χ4n) is 2.12. The number of nitrogens with zero attached hydrogens (tertiary/aromatic N) is 1. The summed E-state index contributed by atoms with van der Waals surface area (Å²) in [5.74, 6) is 0. The van der Waals surface area contributed by atoms with Crippen molar-refractivity contribution in [3.63, 3.8) is 0 Å². The van der Waals surface area contributed by atoms with Gasteiger partial charge in [0.05, 0.1) is 5.71 Å². The first kappa shape index (κ1) is 11.1. The summed E-state index contributed by atoms with van der Waals surface area (Å²) < 4.78 is 0. The second-order valence-corrected chi connectivity index (χ2v) is 4.94. The van der Waals surface area contributed by atoms with Crippen LogP contribution in [-0.4, -0.2) is 12.3 Å². The van der Waals surface area contributed by atoms with Gasteiger partial charge in [0.1, 0.15) is 0 Å². The van der Waals surface area contributed by atoms with E-state index in [2.05, 4.69) is 57.2 Å². The average molecular weight is 213 g/mol. The van der Waals surface area contributed by atoms with Crippen molar-refractivity contribution in [2.24, 2.45) is 4.99 Å². The van der Waals surface area contributed by atoms with Crippen LogP contribution < -0.4 is 0 Å². The molecule has 0 amide bonds. The lowest BCUT2D eigenvalue weighted by molar-refractivity contribution is 0.533. The summed E-state index contributed by atoms with van der Waals surface area (Å²) in [4.78, 5) is 4.69. The molecule has 0 fully saturated rings. The third-order valence-electron chi connectivity index (χ3n) is 3.09. The summed E-state index contributed by atoms with van der Waals surface area (Å²) >= 11 is 0. The molecule has 0 atom stereocenters. The molecule has 1 aromatic rings. The number of rotatable bonds is 2. The maximum atomic E-state index is 4.69. The SMILES string of the molecule is CC/C=C\C1=NCC(C)(C)c2ccccc21. The van der Waals surface area contributed by atoms with Crippen LogP contribution in [0, 0.1) is 0 Å². The van der Waals surface area contributed by atoms with Gasteiger partial charge in [0.15, 0.2) is 0 Å². The molecule has 0 spiro atoms. The molecule has 1 aliphatic rings. The molecule has 0 unspecified atom stereocenters. The second kappa shape index (κ2) is 4.25. The zero-order valence-corrected chi connectivity index (χ0v) is 10.3. The molecule has 2 rings (SSSR count). The van der Waals surface area contributed by atoms with Crippen LogP contribution in [0.25, 0.3) is 0 Å². The molecule has 1 aromatic carbocycles. The zero-order valence-electron chi connectivity index (χ0n) is 10.3. The minimum atomic E-state index is 0.167. The molecule has 1 heterocycles. The number of hydrogen-bond donors (Lipinski definition) is 0. The Hall–Kier alpha value is -1.37. The van der Waals surface area contributed by atoms with E-state index in [4.69, 9.17) is 4.99 Å². The van der Waals surface area contributed by atoms with Crippen molar-refractivity contribution in [2.45, 2.75) is 32.6 Å². The summed E-state index contributed by atoms with van der Waals surface area (Å²) in [6.07, 6.45) is 5.38. The molecule has 0 N–H and O–H groups in total. The van der Waals surface area contributed by atoms with E-state index in [0.29, 0.717) is 0 Å². The maximum absolute atomic E-state index is 4.69. The predicted molar refractivity (Wildman–Crippen MR) is 70.3 cm³/mol. The van der Waals surface area contributed by atoms with E-state index in [9.17, 15) is 0 Å². The van der Waals surface area contributed by atoms with Crippen LogP contribution in [-0.2, 0) is 5.41 Å². The fraction of sp³-hybridized carbons (Fsp3) is 0.400.